The second-order valence-electron chi connectivity index (χ2n) is 7.64. The predicted octanol–water partition coefficient (Wildman–Crippen LogP) is 6.57. The fourth-order valence-electron chi connectivity index (χ4n) is 3.00. The summed E-state index contributed by atoms with van der Waals surface area (Å²) in [6.45, 7) is 11.9. The SMILES string of the molecule is CCCSc1nc(SCCC(C)C)c2c3c(sc2n1)CO[C@](C)(CC)C3. The van der Waals surface area contributed by atoms with Crippen LogP contribution in [-0.2, 0) is 17.8 Å². The maximum atomic E-state index is 6.17. The largest absolute Gasteiger partial charge is 0.369 e. The summed E-state index contributed by atoms with van der Waals surface area (Å²) in [5.74, 6) is 2.92. The van der Waals surface area contributed by atoms with E-state index in [9.17, 15) is 0 Å². The Morgan fingerprint density at radius 3 is 2.69 bits per heavy atom. The molecule has 3 nitrogen and oxygen atoms in total. The van der Waals surface area contributed by atoms with Gasteiger partial charge in [0.15, 0.2) is 5.16 Å². The zero-order valence-corrected chi connectivity index (χ0v) is 19.0. The number of nitrogens with zero attached hydrogens (tertiary/aromatic N) is 2. The van der Waals surface area contributed by atoms with Crippen LogP contribution in [0.2, 0.25) is 0 Å². The normalized spacial score (nSPS) is 20.1. The van der Waals surface area contributed by atoms with Crippen LogP contribution in [0.4, 0.5) is 0 Å². The monoisotopic (exact) mass is 410 g/mol. The van der Waals surface area contributed by atoms with Crippen molar-refractivity contribution < 1.29 is 4.74 Å². The smallest absolute Gasteiger partial charge is 0.190 e. The Hall–Kier alpha value is -0.300. The van der Waals surface area contributed by atoms with E-state index in [0.29, 0.717) is 6.61 Å². The average molecular weight is 411 g/mol. The van der Waals surface area contributed by atoms with Gasteiger partial charge in [-0.3, -0.25) is 0 Å². The molecule has 1 aliphatic heterocycles. The number of thiophene rings is 1. The lowest BCUT2D eigenvalue weighted by atomic mass is 9.90. The van der Waals surface area contributed by atoms with Gasteiger partial charge >= 0.3 is 0 Å². The van der Waals surface area contributed by atoms with E-state index in [1.54, 1.807) is 11.8 Å². The van der Waals surface area contributed by atoms with Crippen molar-refractivity contribution in [3.63, 3.8) is 0 Å². The predicted molar refractivity (Wildman–Crippen MR) is 116 cm³/mol. The highest BCUT2D eigenvalue weighted by Crippen LogP contribution is 2.43. The van der Waals surface area contributed by atoms with E-state index >= 15 is 0 Å². The molecule has 0 fully saturated rings. The Kier molecular flexibility index (Phi) is 6.92. The van der Waals surface area contributed by atoms with Crippen molar-refractivity contribution >= 4 is 45.1 Å². The van der Waals surface area contributed by atoms with Gasteiger partial charge in [-0.25, -0.2) is 9.97 Å². The molecule has 0 unspecified atom stereocenters. The van der Waals surface area contributed by atoms with E-state index in [0.717, 1.165) is 46.7 Å². The molecule has 0 amide bonds. The van der Waals surface area contributed by atoms with Crippen molar-refractivity contribution in [2.45, 2.75) is 82.7 Å². The average Bonchev–Trinajstić information content (AvgIpc) is 2.97. The van der Waals surface area contributed by atoms with Gasteiger partial charge < -0.3 is 4.74 Å². The summed E-state index contributed by atoms with van der Waals surface area (Å²) in [5, 5.41) is 3.43. The molecule has 0 aromatic carbocycles. The molecule has 0 saturated heterocycles. The van der Waals surface area contributed by atoms with Crippen molar-refractivity contribution in [1.82, 2.24) is 9.97 Å². The molecule has 0 N–H and O–H groups in total. The van der Waals surface area contributed by atoms with Crippen LogP contribution in [0.3, 0.4) is 0 Å². The summed E-state index contributed by atoms with van der Waals surface area (Å²) in [7, 11) is 0. The summed E-state index contributed by atoms with van der Waals surface area (Å²) in [6, 6.07) is 0. The zero-order chi connectivity index (χ0) is 18.7. The molecule has 144 valence electrons. The highest BCUT2D eigenvalue weighted by molar-refractivity contribution is 8.00. The van der Waals surface area contributed by atoms with Crippen LogP contribution in [-0.4, -0.2) is 27.1 Å². The van der Waals surface area contributed by atoms with Crippen molar-refractivity contribution in [3.8, 4) is 0 Å². The minimum Gasteiger partial charge on any atom is -0.369 e. The third-order valence-corrected chi connectivity index (χ3v) is 8.06. The van der Waals surface area contributed by atoms with Crippen molar-refractivity contribution in [1.29, 1.82) is 0 Å². The van der Waals surface area contributed by atoms with Gasteiger partial charge in [0.1, 0.15) is 9.86 Å². The number of thioether (sulfide) groups is 2. The first-order chi connectivity index (χ1) is 12.5. The maximum absolute atomic E-state index is 6.17. The first kappa shape index (κ1) is 20.4. The fraction of sp³-hybridized carbons (Fsp3) is 0.700. The molecule has 26 heavy (non-hydrogen) atoms. The minimum atomic E-state index is -0.0590. The summed E-state index contributed by atoms with van der Waals surface area (Å²) in [4.78, 5) is 12.4. The Bertz CT molecular complexity index is 759. The van der Waals surface area contributed by atoms with Gasteiger partial charge in [0.25, 0.3) is 0 Å². The number of ether oxygens (including phenoxy) is 1. The van der Waals surface area contributed by atoms with Gasteiger partial charge in [-0.2, -0.15) is 0 Å². The lowest BCUT2D eigenvalue weighted by Gasteiger charge is -2.33. The molecule has 0 aliphatic carbocycles. The third-order valence-electron chi connectivity index (χ3n) is 4.90. The maximum Gasteiger partial charge on any atom is 0.190 e. The molecule has 6 heteroatoms. The third kappa shape index (κ3) is 4.57. The molecule has 0 radical (unpaired) electrons. The Morgan fingerprint density at radius 1 is 1.19 bits per heavy atom. The summed E-state index contributed by atoms with van der Waals surface area (Å²) in [6.07, 6.45) is 4.37. The van der Waals surface area contributed by atoms with E-state index in [2.05, 4.69) is 34.6 Å². The first-order valence-corrected chi connectivity index (χ1v) is 12.5. The van der Waals surface area contributed by atoms with E-state index in [-0.39, 0.29) is 5.60 Å². The summed E-state index contributed by atoms with van der Waals surface area (Å²) >= 11 is 5.50. The Morgan fingerprint density at radius 2 is 2.00 bits per heavy atom. The van der Waals surface area contributed by atoms with Crippen LogP contribution < -0.4 is 0 Å². The molecule has 2 aromatic heterocycles. The summed E-state index contributed by atoms with van der Waals surface area (Å²) in [5.41, 5.74) is 1.39. The Balaban J connectivity index is 2.00. The quantitative estimate of drug-likeness (QED) is 0.279. The zero-order valence-electron chi connectivity index (χ0n) is 16.6. The molecule has 1 aliphatic rings. The number of hydrogen-bond donors (Lipinski definition) is 0. The second-order valence-corrected chi connectivity index (χ2v) is 10.9. The molecule has 0 spiro atoms. The number of rotatable bonds is 8. The van der Waals surface area contributed by atoms with Gasteiger partial charge in [-0.15, -0.1) is 23.1 Å². The van der Waals surface area contributed by atoms with Crippen LogP contribution in [0.15, 0.2) is 10.2 Å². The van der Waals surface area contributed by atoms with E-state index in [1.165, 1.54) is 27.3 Å². The van der Waals surface area contributed by atoms with E-state index in [1.807, 2.05) is 23.1 Å². The highest BCUT2D eigenvalue weighted by Gasteiger charge is 2.33. The number of fused-ring (bicyclic) bond motifs is 3. The van der Waals surface area contributed by atoms with Gasteiger partial charge in [-0.1, -0.05) is 39.5 Å². The molecular weight excluding hydrogens is 380 g/mol. The van der Waals surface area contributed by atoms with E-state index in [4.69, 9.17) is 14.7 Å². The second kappa shape index (κ2) is 8.80. The van der Waals surface area contributed by atoms with Crippen LogP contribution in [0, 0.1) is 5.92 Å². The minimum absolute atomic E-state index is 0.0590. The number of aromatic nitrogens is 2. The molecule has 1 atom stereocenters. The molecular formula is C20H30N2OS3. The number of hydrogen-bond acceptors (Lipinski definition) is 6. The highest BCUT2D eigenvalue weighted by atomic mass is 32.2. The fourth-order valence-corrected chi connectivity index (χ4v) is 6.28. The van der Waals surface area contributed by atoms with Gasteiger partial charge in [0.05, 0.1) is 12.2 Å². The first-order valence-electron chi connectivity index (χ1n) is 9.67. The van der Waals surface area contributed by atoms with Crippen molar-refractivity contribution in [3.05, 3.63) is 10.4 Å². The van der Waals surface area contributed by atoms with Crippen LogP contribution in [0.5, 0.6) is 0 Å². The Labute approximate surface area is 170 Å². The van der Waals surface area contributed by atoms with Crippen molar-refractivity contribution in [2.24, 2.45) is 5.92 Å². The van der Waals surface area contributed by atoms with Crippen LogP contribution in [0.1, 0.15) is 64.3 Å². The van der Waals surface area contributed by atoms with Crippen LogP contribution in [0.25, 0.3) is 10.2 Å². The van der Waals surface area contributed by atoms with Gasteiger partial charge in [0, 0.05) is 22.4 Å². The van der Waals surface area contributed by atoms with Gasteiger partial charge in [0.2, 0.25) is 0 Å². The standard InChI is InChI=1S/C20H30N2OS3/c1-6-9-25-19-21-17(24-10-8-13(3)4)16-14-11-20(5,7-2)23-12-15(14)26-18(16)22-19/h13H,6-12H2,1-5H3/t20-/m1/s1. The van der Waals surface area contributed by atoms with E-state index < -0.39 is 0 Å². The molecule has 2 aromatic rings. The molecule has 0 bridgehead atoms. The van der Waals surface area contributed by atoms with Crippen molar-refractivity contribution in [2.75, 3.05) is 11.5 Å². The topological polar surface area (TPSA) is 35.0 Å². The summed E-state index contributed by atoms with van der Waals surface area (Å²) < 4.78 is 6.17. The lowest BCUT2D eigenvalue weighted by Crippen LogP contribution is -2.33. The molecule has 3 rings (SSSR count). The molecule has 3 heterocycles. The van der Waals surface area contributed by atoms with Crippen LogP contribution >= 0.6 is 34.9 Å². The van der Waals surface area contributed by atoms with Gasteiger partial charge in [-0.05, 0) is 43.4 Å². The lowest BCUT2D eigenvalue weighted by molar-refractivity contribution is -0.0543. The molecule has 0 saturated carbocycles.